The molecule has 1 unspecified atom stereocenters. The van der Waals surface area contributed by atoms with E-state index in [-0.39, 0.29) is 24.3 Å². The van der Waals surface area contributed by atoms with Crippen LogP contribution < -0.4 is 10.6 Å². The summed E-state index contributed by atoms with van der Waals surface area (Å²) in [6.07, 6.45) is 0.220. The van der Waals surface area contributed by atoms with E-state index in [1.807, 2.05) is 6.92 Å². The average molecular weight is 232 g/mol. The van der Waals surface area contributed by atoms with Gasteiger partial charge in [0, 0.05) is 12.3 Å². The van der Waals surface area contributed by atoms with Gasteiger partial charge in [-0.25, -0.2) is 0 Å². The van der Waals surface area contributed by atoms with Crippen molar-refractivity contribution in [2.45, 2.75) is 24.8 Å². The molecule has 0 spiro atoms. The molecule has 1 rings (SSSR count). The first-order valence-electron chi connectivity index (χ1n) is 4.85. The second-order valence-electron chi connectivity index (χ2n) is 3.31. The molecule has 0 aliphatic carbocycles. The number of carbonyl (C=O) groups is 2. The van der Waals surface area contributed by atoms with Crippen LogP contribution in [0.3, 0.4) is 0 Å². The van der Waals surface area contributed by atoms with E-state index in [2.05, 4.69) is 15.4 Å². The molecule has 1 aliphatic heterocycles. The SMILES string of the molecule is COC(=O)CCNC(=O)[C@@H]1CSC(C)N1. The highest BCUT2D eigenvalue weighted by atomic mass is 32.2. The van der Waals surface area contributed by atoms with Crippen molar-refractivity contribution < 1.29 is 14.3 Å². The maximum atomic E-state index is 11.5. The minimum absolute atomic E-state index is 0.0456. The Kier molecular flexibility index (Phi) is 4.90. The highest BCUT2D eigenvalue weighted by Gasteiger charge is 2.26. The second-order valence-corrected chi connectivity index (χ2v) is 4.69. The molecule has 1 amide bonds. The Balaban J connectivity index is 2.16. The van der Waals surface area contributed by atoms with Crippen LogP contribution in [0.4, 0.5) is 0 Å². The number of hydrogen-bond donors (Lipinski definition) is 2. The molecule has 86 valence electrons. The van der Waals surface area contributed by atoms with E-state index in [9.17, 15) is 9.59 Å². The molecule has 1 saturated heterocycles. The van der Waals surface area contributed by atoms with Gasteiger partial charge in [-0.1, -0.05) is 0 Å². The summed E-state index contributed by atoms with van der Waals surface area (Å²) in [7, 11) is 1.33. The van der Waals surface area contributed by atoms with Crippen molar-refractivity contribution in [3.05, 3.63) is 0 Å². The van der Waals surface area contributed by atoms with Gasteiger partial charge in [0.25, 0.3) is 0 Å². The molecule has 0 saturated carbocycles. The summed E-state index contributed by atoms with van der Waals surface area (Å²) in [5, 5.41) is 6.16. The monoisotopic (exact) mass is 232 g/mol. The lowest BCUT2D eigenvalue weighted by atomic mass is 10.3. The van der Waals surface area contributed by atoms with Crippen LogP contribution in [0.25, 0.3) is 0 Å². The van der Waals surface area contributed by atoms with Gasteiger partial charge >= 0.3 is 5.97 Å². The van der Waals surface area contributed by atoms with Gasteiger partial charge in [0.05, 0.1) is 24.9 Å². The molecule has 0 aromatic carbocycles. The van der Waals surface area contributed by atoms with Crippen molar-refractivity contribution >= 4 is 23.6 Å². The normalized spacial score (nSPS) is 24.9. The summed E-state index contributed by atoms with van der Waals surface area (Å²) in [6, 6.07) is -0.136. The number of carbonyl (C=O) groups excluding carboxylic acids is 2. The number of esters is 1. The first kappa shape index (κ1) is 12.3. The highest BCUT2D eigenvalue weighted by molar-refractivity contribution is 8.00. The third-order valence-corrected chi connectivity index (χ3v) is 3.28. The van der Waals surface area contributed by atoms with Gasteiger partial charge in [-0.3, -0.25) is 14.9 Å². The molecule has 5 nitrogen and oxygen atoms in total. The summed E-state index contributed by atoms with van der Waals surface area (Å²) in [5.41, 5.74) is 0. The number of hydrogen-bond acceptors (Lipinski definition) is 5. The molecule has 0 radical (unpaired) electrons. The van der Waals surface area contributed by atoms with Crippen LogP contribution in [-0.2, 0) is 14.3 Å². The summed E-state index contributed by atoms with van der Waals surface area (Å²) in [6.45, 7) is 2.36. The standard InChI is InChI=1S/C9H16N2O3S/c1-6-11-7(5-15-6)9(13)10-4-3-8(12)14-2/h6-7,11H,3-5H2,1-2H3,(H,10,13)/t6?,7-/m0/s1. The zero-order chi connectivity index (χ0) is 11.3. The zero-order valence-corrected chi connectivity index (χ0v) is 9.73. The van der Waals surface area contributed by atoms with Crippen LogP contribution in [0, 0.1) is 0 Å². The molecule has 2 N–H and O–H groups in total. The zero-order valence-electron chi connectivity index (χ0n) is 8.91. The van der Waals surface area contributed by atoms with Crippen LogP contribution in [0.1, 0.15) is 13.3 Å². The lowest BCUT2D eigenvalue weighted by Gasteiger charge is -2.10. The van der Waals surface area contributed by atoms with E-state index in [0.717, 1.165) is 5.75 Å². The van der Waals surface area contributed by atoms with E-state index in [4.69, 9.17) is 0 Å². The van der Waals surface area contributed by atoms with Crippen molar-refractivity contribution in [2.75, 3.05) is 19.4 Å². The number of ether oxygens (including phenoxy) is 1. The highest BCUT2D eigenvalue weighted by Crippen LogP contribution is 2.17. The predicted molar refractivity (Wildman–Crippen MR) is 58.5 cm³/mol. The summed E-state index contributed by atoms with van der Waals surface area (Å²) >= 11 is 1.71. The molecule has 6 heteroatoms. The second kappa shape index (κ2) is 5.97. The molecular formula is C9H16N2O3S. The van der Waals surface area contributed by atoms with Crippen LogP contribution in [0.2, 0.25) is 0 Å². The molecule has 1 aliphatic rings. The number of amides is 1. The van der Waals surface area contributed by atoms with E-state index >= 15 is 0 Å². The van der Waals surface area contributed by atoms with Gasteiger partial charge < -0.3 is 10.1 Å². The fourth-order valence-electron chi connectivity index (χ4n) is 1.28. The fourth-order valence-corrected chi connectivity index (χ4v) is 2.27. The lowest BCUT2D eigenvalue weighted by Crippen LogP contribution is -2.44. The predicted octanol–water partition coefficient (Wildman–Crippen LogP) is -0.283. The molecule has 1 fully saturated rings. The van der Waals surface area contributed by atoms with Crippen molar-refractivity contribution in [1.29, 1.82) is 0 Å². The molecular weight excluding hydrogens is 216 g/mol. The van der Waals surface area contributed by atoms with E-state index in [0.29, 0.717) is 11.9 Å². The Hall–Kier alpha value is -0.750. The summed E-state index contributed by atoms with van der Waals surface area (Å²) in [4.78, 5) is 22.3. The van der Waals surface area contributed by atoms with Crippen molar-refractivity contribution in [3.8, 4) is 0 Å². The molecule has 0 aromatic heterocycles. The molecule has 1 heterocycles. The number of rotatable bonds is 4. The van der Waals surface area contributed by atoms with Crippen molar-refractivity contribution in [3.63, 3.8) is 0 Å². The third-order valence-electron chi connectivity index (χ3n) is 2.12. The molecule has 2 atom stereocenters. The number of nitrogens with one attached hydrogen (secondary N) is 2. The van der Waals surface area contributed by atoms with Gasteiger partial charge in [0.15, 0.2) is 0 Å². The summed E-state index contributed by atoms with van der Waals surface area (Å²) in [5.74, 6) is 0.429. The molecule has 0 aromatic rings. The van der Waals surface area contributed by atoms with Gasteiger partial charge in [-0.05, 0) is 6.92 Å². The minimum atomic E-state index is -0.308. The number of methoxy groups -OCH3 is 1. The van der Waals surface area contributed by atoms with Gasteiger partial charge in [0.1, 0.15) is 0 Å². The maximum Gasteiger partial charge on any atom is 0.307 e. The molecule has 15 heavy (non-hydrogen) atoms. The Morgan fingerprint density at radius 1 is 1.60 bits per heavy atom. The maximum absolute atomic E-state index is 11.5. The Labute approximate surface area is 93.3 Å². The topological polar surface area (TPSA) is 67.4 Å². The fraction of sp³-hybridized carbons (Fsp3) is 0.778. The van der Waals surface area contributed by atoms with E-state index in [1.165, 1.54) is 7.11 Å². The van der Waals surface area contributed by atoms with Crippen molar-refractivity contribution in [1.82, 2.24) is 10.6 Å². The van der Waals surface area contributed by atoms with Crippen LogP contribution in [0.15, 0.2) is 0 Å². The third kappa shape index (κ3) is 4.09. The average Bonchev–Trinajstić information content (AvgIpc) is 2.64. The van der Waals surface area contributed by atoms with Gasteiger partial charge in [0.2, 0.25) is 5.91 Å². The van der Waals surface area contributed by atoms with Gasteiger partial charge in [-0.2, -0.15) is 0 Å². The van der Waals surface area contributed by atoms with Crippen LogP contribution in [0.5, 0.6) is 0 Å². The minimum Gasteiger partial charge on any atom is -0.469 e. The quantitative estimate of drug-likeness (QED) is 0.652. The first-order valence-corrected chi connectivity index (χ1v) is 5.90. The summed E-state index contributed by atoms with van der Waals surface area (Å²) < 4.78 is 4.46. The van der Waals surface area contributed by atoms with E-state index < -0.39 is 0 Å². The first-order chi connectivity index (χ1) is 7.13. The van der Waals surface area contributed by atoms with Crippen molar-refractivity contribution in [2.24, 2.45) is 0 Å². The van der Waals surface area contributed by atoms with Crippen LogP contribution >= 0.6 is 11.8 Å². The Bertz CT molecular complexity index is 248. The van der Waals surface area contributed by atoms with Crippen LogP contribution in [-0.4, -0.2) is 42.7 Å². The Morgan fingerprint density at radius 3 is 2.87 bits per heavy atom. The Morgan fingerprint density at radius 2 is 2.33 bits per heavy atom. The van der Waals surface area contributed by atoms with Gasteiger partial charge in [-0.15, -0.1) is 11.8 Å². The number of thioether (sulfide) groups is 1. The molecule has 0 bridgehead atoms. The lowest BCUT2D eigenvalue weighted by molar-refractivity contribution is -0.140. The largest absolute Gasteiger partial charge is 0.469 e. The smallest absolute Gasteiger partial charge is 0.307 e. The van der Waals surface area contributed by atoms with E-state index in [1.54, 1.807) is 11.8 Å².